The van der Waals surface area contributed by atoms with Crippen molar-refractivity contribution >= 4 is 49.4 Å². The van der Waals surface area contributed by atoms with Gasteiger partial charge in [0.2, 0.25) is 0 Å². The topological polar surface area (TPSA) is 23.5 Å². The van der Waals surface area contributed by atoms with Crippen molar-refractivity contribution in [1.29, 1.82) is 0 Å². The Kier molecular flexibility index (Phi) is 6.99. The second-order valence-corrected chi connectivity index (χ2v) is 14.7. The Morgan fingerprint density at radius 3 is 1.57 bits per heavy atom. The molecular weight excluding hydrogens is 619 g/mol. The Morgan fingerprint density at radius 2 is 1.00 bits per heavy atom. The number of aryl methyl sites for hydroxylation is 1. The van der Waals surface area contributed by atoms with Crippen LogP contribution >= 0.6 is 0 Å². The second kappa shape index (κ2) is 11.9. The maximum absolute atomic E-state index is 10.3. The van der Waals surface area contributed by atoms with Gasteiger partial charge in [0.25, 0.3) is 0 Å². The average Bonchev–Trinajstić information content (AvgIpc) is 3.16. The quantitative estimate of drug-likeness (QED) is 0.186. The lowest BCUT2D eigenvalue weighted by molar-refractivity contribution is 0.475. The molecule has 0 saturated heterocycles. The lowest BCUT2D eigenvalue weighted by atomic mass is 9.72. The number of hydrogen-bond acceptors (Lipinski definition) is 2. The van der Waals surface area contributed by atoms with Crippen LogP contribution in [0.4, 0.5) is 17.1 Å². The highest BCUT2D eigenvalue weighted by molar-refractivity contribution is 6.03. The predicted octanol–water partition coefficient (Wildman–Crippen LogP) is 12.4. The largest absolute Gasteiger partial charge is 0.508 e. The molecule has 246 valence electrons. The number of phenolic OH excluding ortho intramolecular Hbond substituents is 1. The molecule has 0 spiro atoms. The molecule has 2 aliphatic rings. The number of benzene rings is 8. The van der Waals surface area contributed by atoms with Gasteiger partial charge >= 0.3 is 0 Å². The van der Waals surface area contributed by atoms with Gasteiger partial charge in [-0.2, -0.15) is 0 Å². The van der Waals surface area contributed by atoms with E-state index in [0.717, 1.165) is 42.7 Å². The van der Waals surface area contributed by atoms with Crippen molar-refractivity contribution in [2.75, 3.05) is 4.90 Å². The van der Waals surface area contributed by atoms with Crippen molar-refractivity contribution in [1.82, 2.24) is 0 Å². The fraction of sp³-hybridized carbons (Fsp3) is 0.143. The number of hydrogen-bond donors (Lipinski definition) is 1. The molecule has 0 aliphatic heterocycles. The van der Waals surface area contributed by atoms with Crippen LogP contribution in [0.2, 0.25) is 0 Å². The highest BCUT2D eigenvalue weighted by Crippen LogP contribution is 2.46. The Balaban J connectivity index is 0.976. The van der Waals surface area contributed by atoms with Gasteiger partial charge in [0.05, 0.1) is 0 Å². The molecule has 0 saturated carbocycles. The zero-order chi connectivity index (χ0) is 34.1. The van der Waals surface area contributed by atoms with Crippen LogP contribution in [-0.4, -0.2) is 5.11 Å². The van der Waals surface area contributed by atoms with Gasteiger partial charge in [0, 0.05) is 23.1 Å². The van der Waals surface area contributed by atoms with Crippen LogP contribution < -0.4 is 4.90 Å². The van der Waals surface area contributed by atoms with E-state index in [1.54, 1.807) is 6.07 Å². The third-order valence-electron chi connectivity index (χ3n) is 11.6. The van der Waals surface area contributed by atoms with E-state index in [0.29, 0.717) is 11.8 Å². The van der Waals surface area contributed by atoms with Crippen molar-refractivity contribution in [3.8, 4) is 5.75 Å². The first-order valence-corrected chi connectivity index (χ1v) is 18.3. The molecule has 10 rings (SSSR count). The summed E-state index contributed by atoms with van der Waals surface area (Å²) in [6, 6.07) is 55.2. The maximum atomic E-state index is 10.3. The van der Waals surface area contributed by atoms with Gasteiger partial charge in [-0.15, -0.1) is 0 Å². The first kappa shape index (κ1) is 30.0. The monoisotopic (exact) mass is 657 g/mol. The van der Waals surface area contributed by atoms with Gasteiger partial charge in [-0.05, 0) is 158 Å². The molecule has 8 aromatic carbocycles. The highest BCUT2D eigenvalue weighted by atomic mass is 16.3. The van der Waals surface area contributed by atoms with E-state index < -0.39 is 0 Å². The number of anilines is 3. The number of rotatable bonds is 5. The summed E-state index contributed by atoms with van der Waals surface area (Å²) in [5, 5.41) is 18.9. The highest BCUT2D eigenvalue weighted by Gasteiger charge is 2.30. The summed E-state index contributed by atoms with van der Waals surface area (Å²) in [5.74, 6) is 1.14. The first-order chi connectivity index (χ1) is 25.1. The summed E-state index contributed by atoms with van der Waals surface area (Å²) in [5.41, 5.74) is 13.2. The molecule has 1 N–H and O–H groups in total. The van der Waals surface area contributed by atoms with Gasteiger partial charge < -0.3 is 10.0 Å². The molecule has 51 heavy (non-hydrogen) atoms. The maximum Gasteiger partial charge on any atom is 0.117 e. The minimum Gasteiger partial charge on any atom is -0.508 e. The third-order valence-corrected chi connectivity index (χ3v) is 11.6. The van der Waals surface area contributed by atoms with Crippen molar-refractivity contribution in [3.63, 3.8) is 0 Å². The van der Waals surface area contributed by atoms with Crippen molar-refractivity contribution < 1.29 is 5.11 Å². The van der Waals surface area contributed by atoms with E-state index in [2.05, 4.69) is 145 Å². The van der Waals surface area contributed by atoms with Gasteiger partial charge in [-0.25, -0.2) is 0 Å². The fourth-order valence-electron chi connectivity index (χ4n) is 9.35. The molecule has 0 aromatic heterocycles. The third kappa shape index (κ3) is 5.09. The molecule has 0 heterocycles. The fourth-order valence-corrected chi connectivity index (χ4v) is 9.35. The predicted molar refractivity (Wildman–Crippen MR) is 213 cm³/mol. The van der Waals surface area contributed by atoms with Gasteiger partial charge in [-0.3, -0.25) is 0 Å². The molecule has 0 radical (unpaired) electrons. The molecule has 8 aromatic rings. The van der Waals surface area contributed by atoms with Crippen LogP contribution in [0.25, 0.3) is 32.3 Å². The lowest BCUT2D eigenvalue weighted by Crippen LogP contribution is -2.18. The molecule has 2 nitrogen and oxygen atoms in total. The standard InChI is InChI=1S/C49H39NO/c1-31-8-6-11-42(24-31)50(43-12-7-13-44(51)30-43)41-22-20-32(21-23-41)39-26-35-16-18-37-28-40(29-38-19-17-36(27-39)47(35)48(37)38)49-45-14-4-2-9-33(45)25-34-10-3-5-15-46(34)49/h2-25,30,39-40,51H,26-29H2,1H3. The lowest BCUT2D eigenvalue weighted by Gasteiger charge is -2.32. The Hall–Kier alpha value is -5.86. The number of phenols is 1. The van der Waals surface area contributed by atoms with Gasteiger partial charge in [0.1, 0.15) is 5.75 Å². The molecular formula is C49H39NO. The minimum absolute atomic E-state index is 0.264. The SMILES string of the molecule is Cc1cccc(N(c2ccc(C3Cc4ccc5c6c(ccc(c46)C3)CC(c3c4ccccc4cc4ccccc34)C5)cc2)c2cccc(O)c2)c1. The first-order valence-electron chi connectivity index (χ1n) is 18.3. The van der Waals surface area contributed by atoms with Crippen LogP contribution in [0.1, 0.15) is 50.8 Å². The van der Waals surface area contributed by atoms with Crippen molar-refractivity contribution in [3.05, 3.63) is 191 Å². The zero-order valence-corrected chi connectivity index (χ0v) is 28.8. The average molecular weight is 658 g/mol. The van der Waals surface area contributed by atoms with E-state index in [1.165, 1.54) is 71.3 Å². The summed E-state index contributed by atoms with van der Waals surface area (Å²) in [7, 11) is 0. The molecule has 0 bridgehead atoms. The van der Waals surface area contributed by atoms with Crippen LogP contribution in [0.3, 0.4) is 0 Å². The van der Waals surface area contributed by atoms with Crippen molar-refractivity contribution in [2.24, 2.45) is 0 Å². The summed E-state index contributed by atoms with van der Waals surface area (Å²) in [6.07, 6.45) is 4.26. The molecule has 2 heteroatoms. The minimum atomic E-state index is 0.264. The number of fused-ring (bicyclic) bond motifs is 2. The Bertz CT molecular complexity index is 2480. The molecule has 0 unspecified atom stereocenters. The normalized spacial score (nSPS) is 14.4. The van der Waals surface area contributed by atoms with E-state index in [4.69, 9.17) is 0 Å². The molecule has 2 aliphatic carbocycles. The second-order valence-electron chi connectivity index (χ2n) is 14.7. The smallest absolute Gasteiger partial charge is 0.117 e. The summed E-state index contributed by atoms with van der Waals surface area (Å²) in [6.45, 7) is 2.12. The Labute approximate surface area is 299 Å². The Morgan fingerprint density at radius 1 is 0.471 bits per heavy atom. The molecule has 0 amide bonds. The summed E-state index contributed by atoms with van der Waals surface area (Å²) in [4.78, 5) is 2.23. The summed E-state index contributed by atoms with van der Waals surface area (Å²) >= 11 is 0. The van der Waals surface area contributed by atoms with Crippen LogP contribution in [0, 0.1) is 6.92 Å². The van der Waals surface area contributed by atoms with Gasteiger partial charge in [0.15, 0.2) is 0 Å². The zero-order valence-electron chi connectivity index (χ0n) is 28.8. The van der Waals surface area contributed by atoms with E-state index in [1.807, 2.05) is 12.1 Å². The van der Waals surface area contributed by atoms with Crippen LogP contribution in [-0.2, 0) is 25.7 Å². The molecule has 0 fully saturated rings. The summed E-state index contributed by atoms with van der Waals surface area (Å²) < 4.78 is 0. The van der Waals surface area contributed by atoms with Crippen LogP contribution in [0.5, 0.6) is 5.75 Å². The molecule has 0 atom stereocenters. The number of aromatic hydroxyl groups is 1. The van der Waals surface area contributed by atoms with Crippen molar-refractivity contribution in [2.45, 2.75) is 44.4 Å². The van der Waals surface area contributed by atoms with E-state index >= 15 is 0 Å². The van der Waals surface area contributed by atoms with E-state index in [9.17, 15) is 5.11 Å². The van der Waals surface area contributed by atoms with Gasteiger partial charge in [-0.1, -0.05) is 103 Å². The number of nitrogens with zero attached hydrogens (tertiary/aromatic N) is 1. The van der Waals surface area contributed by atoms with Crippen LogP contribution in [0.15, 0.2) is 152 Å². The van der Waals surface area contributed by atoms with E-state index in [-0.39, 0.29) is 5.75 Å².